The van der Waals surface area contributed by atoms with Gasteiger partial charge in [-0.25, -0.2) is 0 Å². The summed E-state index contributed by atoms with van der Waals surface area (Å²) in [6.07, 6.45) is 1.74. The average Bonchev–Trinajstić information content (AvgIpc) is 2.53. The molecule has 1 radical (unpaired) electrons. The van der Waals surface area contributed by atoms with Gasteiger partial charge in [-0.15, -0.1) is 0 Å². The summed E-state index contributed by atoms with van der Waals surface area (Å²) in [4.78, 5) is 4.33. The number of rotatable bonds is 3. The number of fused-ring (bicyclic) bond motifs is 1. The second-order valence-corrected chi connectivity index (χ2v) is 4.30. The molecule has 0 spiro atoms. The second kappa shape index (κ2) is 5.46. The second-order valence-electron chi connectivity index (χ2n) is 4.30. The molecule has 0 amide bonds. The molecule has 3 nitrogen and oxygen atoms in total. The molecule has 1 aromatic heterocycles. The highest BCUT2D eigenvalue weighted by atomic mass is 16.4. The Labute approximate surface area is 117 Å². The van der Waals surface area contributed by atoms with Gasteiger partial charge in [0.2, 0.25) is 0 Å². The summed E-state index contributed by atoms with van der Waals surface area (Å²) in [6, 6.07) is 19.0. The van der Waals surface area contributed by atoms with Crippen molar-refractivity contribution in [3.05, 3.63) is 66.4 Å². The minimum absolute atomic E-state index is 0.610. The Kier molecular flexibility index (Phi) is 3.34. The Hall–Kier alpha value is -2.80. The molecule has 0 aliphatic heterocycles. The van der Waals surface area contributed by atoms with Gasteiger partial charge in [0, 0.05) is 11.6 Å². The Morgan fingerprint density at radius 3 is 2.80 bits per heavy atom. The van der Waals surface area contributed by atoms with Gasteiger partial charge in [-0.1, -0.05) is 30.3 Å². The van der Waals surface area contributed by atoms with Crippen molar-refractivity contribution in [1.29, 1.82) is 5.26 Å². The number of nitriles is 1. The van der Waals surface area contributed by atoms with Gasteiger partial charge < -0.3 is 4.65 Å². The van der Waals surface area contributed by atoms with Crippen LogP contribution in [0.1, 0.15) is 5.56 Å². The maximum atomic E-state index is 8.87. The number of hydrogen-bond acceptors (Lipinski definition) is 3. The maximum Gasteiger partial charge on any atom is 0.408 e. The van der Waals surface area contributed by atoms with Gasteiger partial charge in [0.25, 0.3) is 0 Å². The molecule has 4 heteroatoms. The molecule has 0 unspecified atom stereocenters. The van der Waals surface area contributed by atoms with E-state index in [1.54, 1.807) is 25.8 Å². The summed E-state index contributed by atoms with van der Waals surface area (Å²) in [5, 5.41) is 9.91. The Balaban J connectivity index is 1.85. The van der Waals surface area contributed by atoms with E-state index in [1.165, 1.54) is 0 Å². The van der Waals surface area contributed by atoms with E-state index in [0.717, 1.165) is 16.4 Å². The highest BCUT2D eigenvalue weighted by Crippen LogP contribution is 2.22. The molecule has 0 aliphatic carbocycles. The molecule has 0 saturated heterocycles. The van der Waals surface area contributed by atoms with Crippen molar-refractivity contribution >= 4 is 23.8 Å². The van der Waals surface area contributed by atoms with Crippen LogP contribution >= 0.6 is 0 Å². The van der Waals surface area contributed by atoms with Gasteiger partial charge >= 0.3 is 7.48 Å². The van der Waals surface area contributed by atoms with Crippen molar-refractivity contribution in [2.24, 2.45) is 0 Å². The van der Waals surface area contributed by atoms with E-state index in [1.807, 2.05) is 42.5 Å². The third-order valence-electron chi connectivity index (χ3n) is 2.93. The topological polar surface area (TPSA) is 45.9 Å². The predicted octanol–water partition coefficient (Wildman–Crippen LogP) is 2.43. The van der Waals surface area contributed by atoms with Crippen LogP contribution in [0.4, 0.5) is 0 Å². The SMILES string of the molecule is N#Cc1cccc([B]Oc2cccc3cccnc23)c1. The molecule has 0 atom stereocenters. The molecular weight excluding hydrogens is 247 g/mol. The van der Waals surface area contributed by atoms with Crippen LogP contribution < -0.4 is 10.1 Å². The first-order valence-corrected chi connectivity index (χ1v) is 6.20. The predicted molar refractivity (Wildman–Crippen MR) is 78.9 cm³/mol. The van der Waals surface area contributed by atoms with Gasteiger partial charge in [-0.05, 0) is 29.7 Å². The van der Waals surface area contributed by atoms with Gasteiger partial charge in [0.1, 0.15) is 11.3 Å². The quantitative estimate of drug-likeness (QED) is 0.677. The molecule has 93 valence electrons. The summed E-state index contributed by atoms with van der Waals surface area (Å²) >= 11 is 0. The van der Waals surface area contributed by atoms with Crippen LogP contribution in [0.2, 0.25) is 0 Å². The van der Waals surface area contributed by atoms with Crippen LogP contribution in [0.15, 0.2) is 60.8 Å². The number of nitrogens with zero attached hydrogens (tertiary/aromatic N) is 2. The summed E-state index contributed by atoms with van der Waals surface area (Å²) in [5.41, 5.74) is 2.28. The zero-order valence-corrected chi connectivity index (χ0v) is 10.7. The lowest BCUT2D eigenvalue weighted by Gasteiger charge is -2.07. The van der Waals surface area contributed by atoms with E-state index in [4.69, 9.17) is 9.92 Å². The normalized spacial score (nSPS) is 9.95. The van der Waals surface area contributed by atoms with Crippen molar-refractivity contribution in [1.82, 2.24) is 4.98 Å². The average molecular weight is 257 g/mol. The molecule has 3 aromatic rings. The molecule has 0 saturated carbocycles. The van der Waals surface area contributed by atoms with Crippen LogP contribution in [-0.4, -0.2) is 12.5 Å². The molecule has 0 bridgehead atoms. The fourth-order valence-corrected chi connectivity index (χ4v) is 1.98. The van der Waals surface area contributed by atoms with E-state index in [9.17, 15) is 0 Å². The Morgan fingerprint density at radius 2 is 1.90 bits per heavy atom. The first kappa shape index (κ1) is 12.2. The number of benzene rings is 2. The van der Waals surface area contributed by atoms with Crippen molar-refractivity contribution in [3.8, 4) is 11.8 Å². The van der Waals surface area contributed by atoms with E-state index in [-0.39, 0.29) is 0 Å². The van der Waals surface area contributed by atoms with E-state index in [2.05, 4.69) is 11.1 Å². The van der Waals surface area contributed by atoms with Crippen molar-refractivity contribution in [3.63, 3.8) is 0 Å². The first-order valence-electron chi connectivity index (χ1n) is 6.20. The van der Waals surface area contributed by atoms with Crippen LogP contribution in [-0.2, 0) is 0 Å². The van der Waals surface area contributed by atoms with Gasteiger partial charge in [-0.2, -0.15) is 5.26 Å². The fraction of sp³-hybridized carbons (Fsp3) is 0. The third kappa shape index (κ3) is 2.48. The molecule has 2 aromatic carbocycles. The molecule has 3 rings (SSSR count). The monoisotopic (exact) mass is 257 g/mol. The van der Waals surface area contributed by atoms with Crippen LogP contribution in [0.5, 0.6) is 5.75 Å². The zero-order valence-electron chi connectivity index (χ0n) is 10.7. The van der Waals surface area contributed by atoms with Crippen molar-refractivity contribution in [2.75, 3.05) is 0 Å². The van der Waals surface area contributed by atoms with Gasteiger partial charge in [-0.3, -0.25) is 4.98 Å². The van der Waals surface area contributed by atoms with E-state index in [0.29, 0.717) is 11.3 Å². The molecule has 20 heavy (non-hydrogen) atoms. The lowest BCUT2D eigenvalue weighted by atomic mass is 9.87. The van der Waals surface area contributed by atoms with Crippen LogP contribution in [0.3, 0.4) is 0 Å². The number of pyridine rings is 1. The summed E-state index contributed by atoms with van der Waals surface area (Å²) < 4.78 is 5.71. The van der Waals surface area contributed by atoms with Gasteiger partial charge in [0.15, 0.2) is 0 Å². The zero-order chi connectivity index (χ0) is 13.8. The molecule has 0 fully saturated rings. The molecular formula is C16H10BN2O. The Morgan fingerprint density at radius 1 is 1.05 bits per heavy atom. The maximum absolute atomic E-state index is 8.87. The lowest BCUT2D eigenvalue weighted by Crippen LogP contribution is -2.20. The van der Waals surface area contributed by atoms with Gasteiger partial charge in [0.05, 0.1) is 11.6 Å². The van der Waals surface area contributed by atoms with E-state index < -0.39 is 0 Å². The largest absolute Gasteiger partial charge is 0.556 e. The summed E-state index contributed by atoms with van der Waals surface area (Å²) in [7, 11) is 1.63. The summed E-state index contributed by atoms with van der Waals surface area (Å²) in [6.45, 7) is 0. The van der Waals surface area contributed by atoms with Crippen molar-refractivity contribution in [2.45, 2.75) is 0 Å². The lowest BCUT2D eigenvalue weighted by molar-refractivity contribution is 0.610. The summed E-state index contributed by atoms with van der Waals surface area (Å²) in [5.74, 6) is 0.700. The highest BCUT2D eigenvalue weighted by molar-refractivity contribution is 6.47. The Bertz CT molecular complexity index is 790. The van der Waals surface area contributed by atoms with Crippen molar-refractivity contribution < 1.29 is 4.65 Å². The number of hydrogen-bond donors (Lipinski definition) is 0. The standard InChI is InChI=1S/C16H10BN2O/c18-11-12-4-1-7-14(10-12)17-20-15-8-2-5-13-6-3-9-19-16(13)15/h1-10H. The molecule has 0 aliphatic rings. The number of para-hydroxylation sites is 1. The molecule has 1 heterocycles. The number of aromatic nitrogens is 1. The minimum Gasteiger partial charge on any atom is -0.556 e. The third-order valence-corrected chi connectivity index (χ3v) is 2.93. The molecule has 0 N–H and O–H groups in total. The van der Waals surface area contributed by atoms with Crippen LogP contribution in [0, 0.1) is 11.3 Å². The van der Waals surface area contributed by atoms with E-state index >= 15 is 0 Å². The first-order chi connectivity index (χ1) is 9.86. The highest BCUT2D eigenvalue weighted by Gasteiger charge is 2.05. The van der Waals surface area contributed by atoms with Crippen LogP contribution in [0.25, 0.3) is 10.9 Å². The minimum atomic E-state index is 0.610. The smallest absolute Gasteiger partial charge is 0.408 e. The fourth-order valence-electron chi connectivity index (χ4n) is 1.98.